The number of methoxy groups -OCH3 is 2. The molecular formula is C29H30N2O6. The van der Waals surface area contributed by atoms with E-state index >= 15 is 0 Å². The van der Waals surface area contributed by atoms with Gasteiger partial charge in [-0.05, 0) is 53.9 Å². The molecule has 0 radical (unpaired) electrons. The first-order chi connectivity index (χ1) is 17.8. The van der Waals surface area contributed by atoms with E-state index in [-0.39, 0.29) is 17.9 Å². The molecule has 8 nitrogen and oxygen atoms in total. The number of likely N-dealkylation sites (tertiary alicyclic amines) is 1. The molecule has 1 fully saturated rings. The molecular weight excluding hydrogens is 472 g/mol. The minimum Gasteiger partial charge on any atom is -0.507 e. The maximum Gasteiger partial charge on any atom is 0.295 e. The van der Waals surface area contributed by atoms with E-state index < -0.39 is 17.7 Å². The van der Waals surface area contributed by atoms with Crippen molar-refractivity contribution in [2.45, 2.75) is 26.4 Å². The van der Waals surface area contributed by atoms with Crippen molar-refractivity contribution in [3.05, 3.63) is 89.3 Å². The van der Waals surface area contributed by atoms with Gasteiger partial charge in [-0.15, -0.1) is 0 Å². The minimum atomic E-state index is -0.891. The number of amides is 1. The highest BCUT2D eigenvalue weighted by molar-refractivity contribution is 6.46. The first-order valence-electron chi connectivity index (χ1n) is 12.0. The molecule has 2 heterocycles. The van der Waals surface area contributed by atoms with Crippen LogP contribution in [0.4, 0.5) is 0 Å². The number of carbonyl (C=O) groups is 2. The number of ketones is 1. The number of hydrogen-bond donors (Lipinski definition) is 1. The van der Waals surface area contributed by atoms with Gasteiger partial charge in [-0.1, -0.05) is 19.9 Å². The number of aliphatic hydroxyl groups is 1. The molecule has 0 aliphatic carbocycles. The molecule has 3 aromatic rings. The molecule has 1 N–H and O–H groups in total. The number of Topliss-reactive ketones (excluding diaryl/α,β-unsaturated/α-hetero) is 1. The Hall–Kier alpha value is -4.33. The quantitative estimate of drug-likeness (QED) is 0.256. The summed E-state index contributed by atoms with van der Waals surface area (Å²) in [6.07, 6.45) is 3.27. The van der Waals surface area contributed by atoms with Gasteiger partial charge in [0.2, 0.25) is 0 Å². The van der Waals surface area contributed by atoms with Crippen molar-refractivity contribution in [2.24, 2.45) is 5.92 Å². The molecule has 4 rings (SSSR count). The van der Waals surface area contributed by atoms with Gasteiger partial charge in [0, 0.05) is 36.1 Å². The van der Waals surface area contributed by atoms with Gasteiger partial charge in [0.1, 0.15) is 23.0 Å². The van der Waals surface area contributed by atoms with Crippen molar-refractivity contribution < 1.29 is 28.9 Å². The lowest BCUT2D eigenvalue weighted by Gasteiger charge is -2.26. The number of rotatable bonds is 9. The van der Waals surface area contributed by atoms with E-state index in [1.807, 2.05) is 6.07 Å². The van der Waals surface area contributed by atoms with Crippen molar-refractivity contribution in [1.29, 1.82) is 0 Å². The summed E-state index contributed by atoms with van der Waals surface area (Å²) in [4.78, 5) is 32.2. The highest BCUT2D eigenvalue weighted by Crippen LogP contribution is 2.44. The SMILES string of the molecule is COc1ccc([C@@H]2/C(=C(\O)c3ccc(OCC(C)C)cc3)C(=O)C(=O)N2Cc2cccnc2)c(OC)c1. The third kappa shape index (κ3) is 5.43. The molecule has 192 valence electrons. The van der Waals surface area contributed by atoms with Gasteiger partial charge >= 0.3 is 0 Å². The number of aromatic nitrogens is 1. The zero-order valence-electron chi connectivity index (χ0n) is 21.3. The summed E-state index contributed by atoms with van der Waals surface area (Å²) in [5.41, 5.74) is 1.67. The molecule has 1 amide bonds. The van der Waals surface area contributed by atoms with Gasteiger partial charge < -0.3 is 24.2 Å². The lowest BCUT2D eigenvalue weighted by Crippen LogP contribution is -2.29. The van der Waals surface area contributed by atoms with E-state index in [1.54, 1.807) is 60.9 Å². The van der Waals surface area contributed by atoms with Crippen LogP contribution in [0, 0.1) is 5.92 Å². The van der Waals surface area contributed by atoms with E-state index in [0.29, 0.717) is 40.9 Å². The summed E-state index contributed by atoms with van der Waals surface area (Å²) >= 11 is 0. The van der Waals surface area contributed by atoms with Crippen LogP contribution < -0.4 is 14.2 Å². The van der Waals surface area contributed by atoms with E-state index in [0.717, 1.165) is 5.56 Å². The average Bonchev–Trinajstić information content (AvgIpc) is 3.16. The monoisotopic (exact) mass is 502 g/mol. The molecule has 37 heavy (non-hydrogen) atoms. The molecule has 0 spiro atoms. The maximum absolute atomic E-state index is 13.4. The van der Waals surface area contributed by atoms with Crippen LogP contribution in [-0.4, -0.2) is 47.5 Å². The standard InChI is InChI=1S/C29H30N2O6/c1-18(2)17-37-21-9-7-20(8-10-21)27(32)25-26(23-12-11-22(35-3)14-24(23)36-4)31(29(34)28(25)33)16-19-6-5-13-30-15-19/h5-15,18,26,32H,16-17H2,1-4H3/b27-25+/t26-/m1/s1. The average molecular weight is 503 g/mol. The topological polar surface area (TPSA) is 98.2 Å². The van der Waals surface area contributed by atoms with Crippen molar-refractivity contribution in [2.75, 3.05) is 20.8 Å². The highest BCUT2D eigenvalue weighted by Gasteiger charge is 2.47. The fourth-order valence-electron chi connectivity index (χ4n) is 4.23. The van der Waals surface area contributed by atoms with Gasteiger partial charge in [0.05, 0.1) is 32.4 Å². The molecule has 0 saturated carbocycles. The molecule has 0 unspecified atom stereocenters. The molecule has 2 aromatic carbocycles. The fourth-order valence-corrected chi connectivity index (χ4v) is 4.23. The van der Waals surface area contributed by atoms with Crippen molar-refractivity contribution >= 4 is 17.4 Å². The second-order valence-corrected chi connectivity index (χ2v) is 9.13. The number of pyridine rings is 1. The van der Waals surface area contributed by atoms with Crippen LogP contribution in [0.1, 0.15) is 36.6 Å². The van der Waals surface area contributed by atoms with E-state index in [2.05, 4.69) is 18.8 Å². The zero-order chi connectivity index (χ0) is 26.5. The van der Waals surface area contributed by atoms with Crippen molar-refractivity contribution in [1.82, 2.24) is 9.88 Å². The summed E-state index contributed by atoms with van der Waals surface area (Å²) in [7, 11) is 3.04. The van der Waals surface area contributed by atoms with Crippen LogP contribution in [0.15, 0.2) is 72.6 Å². The second kappa shape index (κ2) is 11.2. The Balaban J connectivity index is 1.82. The maximum atomic E-state index is 13.4. The number of nitrogens with zero attached hydrogens (tertiary/aromatic N) is 2. The van der Waals surface area contributed by atoms with Gasteiger partial charge in [-0.3, -0.25) is 14.6 Å². The summed E-state index contributed by atoms with van der Waals surface area (Å²) in [5, 5.41) is 11.4. The number of benzene rings is 2. The number of hydrogen-bond acceptors (Lipinski definition) is 7. The Morgan fingerprint density at radius 1 is 1.03 bits per heavy atom. The largest absolute Gasteiger partial charge is 0.507 e. The van der Waals surface area contributed by atoms with Gasteiger partial charge in [0.15, 0.2) is 0 Å². The van der Waals surface area contributed by atoms with Crippen molar-refractivity contribution in [3.8, 4) is 17.2 Å². The second-order valence-electron chi connectivity index (χ2n) is 9.13. The fraction of sp³-hybridized carbons (Fsp3) is 0.276. The summed E-state index contributed by atoms with van der Waals surface area (Å²) in [6, 6.07) is 14.6. The Morgan fingerprint density at radius 2 is 1.76 bits per heavy atom. The minimum absolute atomic E-state index is 0.0202. The number of carbonyl (C=O) groups excluding carboxylic acids is 2. The van der Waals surface area contributed by atoms with Crippen LogP contribution in [-0.2, 0) is 16.1 Å². The van der Waals surface area contributed by atoms with E-state index in [1.165, 1.54) is 19.1 Å². The summed E-state index contributed by atoms with van der Waals surface area (Å²) in [5.74, 6) is 0.228. The third-order valence-electron chi connectivity index (χ3n) is 6.06. The van der Waals surface area contributed by atoms with Crippen LogP contribution in [0.25, 0.3) is 5.76 Å². The molecule has 8 heteroatoms. The summed E-state index contributed by atoms with van der Waals surface area (Å²) in [6.45, 7) is 4.79. The molecule has 1 aromatic heterocycles. The highest BCUT2D eigenvalue weighted by atomic mass is 16.5. The van der Waals surface area contributed by atoms with Crippen LogP contribution in [0.3, 0.4) is 0 Å². The van der Waals surface area contributed by atoms with E-state index in [4.69, 9.17) is 14.2 Å². The number of ether oxygens (including phenoxy) is 3. The van der Waals surface area contributed by atoms with Gasteiger partial charge in [-0.2, -0.15) is 0 Å². The Bertz CT molecular complexity index is 1300. The third-order valence-corrected chi connectivity index (χ3v) is 6.06. The number of aliphatic hydroxyl groups excluding tert-OH is 1. The van der Waals surface area contributed by atoms with Gasteiger partial charge in [0.25, 0.3) is 11.7 Å². The molecule has 0 bridgehead atoms. The van der Waals surface area contributed by atoms with Crippen LogP contribution in [0.5, 0.6) is 17.2 Å². The first kappa shape index (κ1) is 25.8. The molecule has 1 atom stereocenters. The predicted molar refractivity (Wildman–Crippen MR) is 138 cm³/mol. The van der Waals surface area contributed by atoms with Gasteiger partial charge in [-0.25, -0.2) is 0 Å². The van der Waals surface area contributed by atoms with Crippen molar-refractivity contribution in [3.63, 3.8) is 0 Å². The predicted octanol–water partition coefficient (Wildman–Crippen LogP) is 4.76. The zero-order valence-corrected chi connectivity index (χ0v) is 21.3. The molecule has 1 aliphatic heterocycles. The van der Waals surface area contributed by atoms with Crippen LogP contribution >= 0.6 is 0 Å². The lowest BCUT2D eigenvalue weighted by molar-refractivity contribution is -0.140. The molecule has 1 aliphatic rings. The Morgan fingerprint density at radius 3 is 2.38 bits per heavy atom. The lowest BCUT2D eigenvalue weighted by atomic mass is 9.94. The smallest absolute Gasteiger partial charge is 0.295 e. The summed E-state index contributed by atoms with van der Waals surface area (Å²) < 4.78 is 16.7. The first-order valence-corrected chi connectivity index (χ1v) is 12.0. The van der Waals surface area contributed by atoms with E-state index in [9.17, 15) is 14.7 Å². The Labute approximate surface area is 216 Å². The van der Waals surface area contributed by atoms with Crippen LogP contribution in [0.2, 0.25) is 0 Å². The Kier molecular flexibility index (Phi) is 7.77. The normalized spacial score (nSPS) is 16.8. The molecule has 1 saturated heterocycles.